The number of rotatable bonds is 6. The van der Waals surface area contributed by atoms with Gasteiger partial charge >= 0.3 is 0 Å². The highest BCUT2D eigenvalue weighted by Gasteiger charge is 2.21. The number of nitrogens with zero attached hydrogens (tertiary/aromatic N) is 3. The number of hydrogen-bond donors (Lipinski definition) is 2. The number of benzene rings is 2. The van der Waals surface area contributed by atoms with Crippen molar-refractivity contribution in [3.05, 3.63) is 95.6 Å². The van der Waals surface area contributed by atoms with E-state index in [1.54, 1.807) is 6.07 Å². The third-order valence-corrected chi connectivity index (χ3v) is 7.55. The average molecular weight is 488 g/mol. The lowest BCUT2D eigenvalue weighted by Gasteiger charge is -2.07. The second kappa shape index (κ2) is 8.65. The molecule has 2 aromatic carbocycles. The van der Waals surface area contributed by atoms with E-state index < -0.39 is 10.0 Å². The summed E-state index contributed by atoms with van der Waals surface area (Å²) in [5, 5.41) is 0.708. The van der Waals surface area contributed by atoms with Crippen LogP contribution >= 0.6 is 11.3 Å². The molecule has 0 aliphatic rings. The van der Waals surface area contributed by atoms with Gasteiger partial charge in [0.05, 0.1) is 16.3 Å². The Balaban J connectivity index is 1.43. The molecule has 168 valence electrons. The van der Waals surface area contributed by atoms with Crippen molar-refractivity contribution >= 4 is 49.0 Å². The maximum atomic E-state index is 13.2. The molecule has 0 atom stereocenters. The van der Waals surface area contributed by atoms with Gasteiger partial charge in [0.1, 0.15) is 9.71 Å². The van der Waals surface area contributed by atoms with E-state index in [2.05, 4.69) is 19.7 Å². The predicted molar refractivity (Wildman–Crippen MR) is 132 cm³/mol. The van der Waals surface area contributed by atoms with E-state index >= 15 is 0 Å². The summed E-state index contributed by atoms with van der Waals surface area (Å²) in [6.07, 6.45) is 2.86. The van der Waals surface area contributed by atoms with Crippen LogP contribution in [0.2, 0.25) is 0 Å². The SMILES string of the molecule is Nc1c(C(=O)c2ccc(S(=O)(=O)Nc3ncccn3)cc2)sc2nc(-c3ccccc3)ccc12. The topological polar surface area (TPSA) is 128 Å². The van der Waals surface area contributed by atoms with Gasteiger partial charge in [-0.3, -0.25) is 4.79 Å². The van der Waals surface area contributed by atoms with E-state index in [4.69, 9.17) is 5.73 Å². The zero-order valence-electron chi connectivity index (χ0n) is 17.5. The Morgan fingerprint density at radius 3 is 2.29 bits per heavy atom. The lowest BCUT2D eigenvalue weighted by atomic mass is 10.1. The maximum absolute atomic E-state index is 13.2. The van der Waals surface area contributed by atoms with E-state index in [0.717, 1.165) is 11.3 Å². The smallest absolute Gasteiger partial charge is 0.264 e. The standard InChI is InChI=1S/C24H17N5O3S2/c25-20-18-11-12-19(15-5-2-1-3-6-15)28-23(18)33-22(20)21(30)16-7-9-17(10-8-16)34(31,32)29-24-26-13-4-14-27-24/h1-14H,25H2,(H,26,27,29). The number of pyridine rings is 1. The van der Waals surface area contributed by atoms with Crippen LogP contribution in [-0.2, 0) is 10.0 Å². The molecule has 0 bridgehead atoms. The molecule has 3 aromatic heterocycles. The van der Waals surface area contributed by atoms with Crippen LogP contribution in [0.15, 0.2) is 90.1 Å². The molecule has 5 rings (SSSR count). The quantitative estimate of drug-likeness (QED) is 0.340. The lowest BCUT2D eigenvalue weighted by Crippen LogP contribution is -2.15. The first-order chi connectivity index (χ1) is 16.4. The molecule has 0 aliphatic heterocycles. The molecule has 3 N–H and O–H groups in total. The summed E-state index contributed by atoms with van der Waals surface area (Å²) in [5.41, 5.74) is 8.71. The van der Waals surface area contributed by atoms with Crippen LogP contribution < -0.4 is 10.5 Å². The average Bonchev–Trinajstić information content (AvgIpc) is 3.20. The Hall–Kier alpha value is -4.15. The minimum Gasteiger partial charge on any atom is -0.397 e. The van der Waals surface area contributed by atoms with Crippen LogP contribution in [0.3, 0.4) is 0 Å². The van der Waals surface area contributed by atoms with E-state index in [0.29, 0.717) is 26.3 Å². The van der Waals surface area contributed by atoms with Crippen molar-refractivity contribution in [1.82, 2.24) is 15.0 Å². The second-order valence-corrected chi connectivity index (χ2v) is 9.97. The Morgan fingerprint density at radius 2 is 1.59 bits per heavy atom. The van der Waals surface area contributed by atoms with E-state index in [1.807, 2.05) is 42.5 Å². The Kier molecular flexibility index (Phi) is 5.52. The Bertz CT molecular complexity index is 1600. The second-order valence-electron chi connectivity index (χ2n) is 7.29. The largest absolute Gasteiger partial charge is 0.397 e. The fourth-order valence-electron chi connectivity index (χ4n) is 3.38. The van der Waals surface area contributed by atoms with Gasteiger partial charge in [-0.05, 0) is 42.5 Å². The highest BCUT2D eigenvalue weighted by Crippen LogP contribution is 2.35. The Morgan fingerprint density at radius 1 is 0.882 bits per heavy atom. The number of nitrogen functional groups attached to an aromatic ring is 1. The van der Waals surface area contributed by atoms with Crippen molar-refractivity contribution < 1.29 is 13.2 Å². The molecule has 0 saturated heterocycles. The fourth-order valence-corrected chi connectivity index (χ4v) is 5.40. The molecule has 0 saturated carbocycles. The summed E-state index contributed by atoms with van der Waals surface area (Å²) in [5.74, 6) is -0.340. The van der Waals surface area contributed by atoms with Crippen molar-refractivity contribution in [2.24, 2.45) is 0 Å². The molecular formula is C24H17N5O3S2. The Labute approximate surface area is 199 Å². The molecule has 34 heavy (non-hydrogen) atoms. The number of carbonyl (C=O) groups is 1. The van der Waals surface area contributed by atoms with Crippen molar-refractivity contribution in [3.63, 3.8) is 0 Å². The fraction of sp³-hybridized carbons (Fsp3) is 0. The summed E-state index contributed by atoms with van der Waals surface area (Å²) >= 11 is 1.21. The third kappa shape index (κ3) is 4.12. The van der Waals surface area contributed by atoms with Gasteiger partial charge in [-0.25, -0.2) is 28.1 Å². The molecule has 0 amide bonds. The maximum Gasteiger partial charge on any atom is 0.264 e. The summed E-state index contributed by atoms with van der Waals surface area (Å²) in [6, 6.07) is 20.7. The number of anilines is 2. The van der Waals surface area contributed by atoms with Gasteiger partial charge in [-0.15, -0.1) is 11.3 Å². The van der Waals surface area contributed by atoms with Gasteiger partial charge < -0.3 is 5.73 Å². The van der Waals surface area contributed by atoms with Gasteiger partial charge in [0, 0.05) is 28.9 Å². The van der Waals surface area contributed by atoms with Crippen LogP contribution in [0.1, 0.15) is 15.2 Å². The highest BCUT2D eigenvalue weighted by molar-refractivity contribution is 7.92. The van der Waals surface area contributed by atoms with Crippen molar-refractivity contribution in [2.75, 3.05) is 10.5 Å². The van der Waals surface area contributed by atoms with Gasteiger partial charge in [0.25, 0.3) is 10.0 Å². The summed E-state index contributed by atoms with van der Waals surface area (Å²) in [6.45, 7) is 0. The third-order valence-electron chi connectivity index (χ3n) is 5.09. The van der Waals surface area contributed by atoms with Crippen LogP contribution in [0.4, 0.5) is 11.6 Å². The van der Waals surface area contributed by atoms with Gasteiger partial charge in [-0.2, -0.15) is 0 Å². The number of nitrogens with two attached hydrogens (primary N) is 1. The first kappa shape index (κ1) is 21.7. The van der Waals surface area contributed by atoms with Crippen molar-refractivity contribution in [3.8, 4) is 11.3 Å². The first-order valence-corrected chi connectivity index (χ1v) is 12.4. The van der Waals surface area contributed by atoms with Crippen molar-refractivity contribution in [2.45, 2.75) is 4.90 Å². The lowest BCUT2D eigenvalue weighted by molar-refractivity contribution is 0.104. The van der Waals surface area contributed by atoms with Crippen LogP contribution in [-0.4, -0.2) is 29.2 Å². The normalized spacial score (nSPS) is 11.4. The van der Waals surface area contributed by atoms with E-state index in [-0.39, 0.29) is 16.6 Å². The monoisotopic (exact) mass is 487 g/mol. The van der Waals surface area contributed by atoms with Crippen molar-refractivity contribution in [1.29, 1.82) is 0 Å². The zero-order chi connectivity index (χ0) is 23.7. The highest BCUT2D eigenvalue weighted by atomic mass is 32.2. The number of carbonyl (C=O) groups excluding carboxylic acids is 1. The van der Waals surface area contributed by atoms with Gasteiger partial charge in [-0.1, -0.05) is 30.3 Å². The van der Waals surface area contributed by atoms with Crippen LogP contribution in [0.25, 0.3) is 21.5 Å². The van der Waals surface area contributed by atoms with Gasteiger partial charge in [0.15, 0.2) is 0 Å². The number of hydrogen-bond acceptors (Lipinski definition) is 8. The molecule has 0 radical (unpaired) electrons. The predicted octanol–water partition coefficient (Wildman–Crippen LogP) is 4.37. The van der Waals surface area contributed by atoms with E-state index in [9.17, 15) is 13.2 Å². The number of ketones is 1. The van der Waals surface area contributed by atoms with Crippen LogP contribution in [0.5, 0.6) is 0 Å². The number of sulfonamides is 1. The summed E-state index contributed by atoms with van der Waals surface area (Å²) in [4.78, 5) is 26.6. The van der Waals surface area contributed by atoms with Gasteiger partial charge in [0.2, 0.25) is 11.7 Å². The molecule has 3 heterocycles. The molecule has 0 aliphatic carbocycles. The number of thiophene rings is 1. The molecule has 5 aromatic rings. The molecule has 10 heteroatoms. The molecule has 0 unspecified atom stereocenters. The van der Waals surface area contributed by atoms with E-state index in [1.165, 1.54) is 48.0 Å². The minimum atomic E-state index is -3.90. The van der Waals surface area contributed by atoms with Crippen LogP contribution in [0, 0.1) is 0 Å². The first-order valence-electron chi connectivity index (χ1n) is 10.1. The molecule has 8 nitrogen and oxygen atoms in total. The number of aromatic nitrogens is 3. The molecule has 0 spiro atoms. The molecular weight excluding hydrogens is 470 g/mol. The summed E-state index contributed by atoms with van der Waals surface area (Å²) in [7, 11) is -3.90. The minimum absolute atomic E-state index is 0.0185. The molecule has 0 fully saturated rings. The number of nitrogens with one attached hydrogen (secondary N) is 1. The zero-order valence-corrected chi connectivity index (χ0v) is 19.2. The summed E-state index contributed by atoms with van der Waals surface area (Å²) < 4.78 is 27.4. The number of fused-ring (bicyclic) bond motifs is 1.